The van der Waals surface area contributed by atoms with Crippen LogP contribution in [0.5, 0.6) is 0 Å². The van der Waals surface area contributed by atoms with Gasteiger partial charge in [-0.2, -0.15) is 0 Å². The summed E-state index contributed by atoms with van der Waals surface area (Å²) in [4.78, 5) is 67.0. The molecule has 16 heteroatoms. The van der Waals surface area contributed by atoms with Crippen molar-refractivity contribution in [3.63, 3.8) is 0 Å². The van der Waals surface area contributed by atoms with E-state index in [-0.39, 0.29) is 22.2 Å². The monoisotopic (exact) mass is 620 g/mol. The first-order chi connectivity index (χ1) is 19.4. The molecule has 1 saturated heterocycles. The van der Waals surface area contributed by atoms with Gasteiger partial charge < -0.3 is 25.4 Å². The molecule has 0 saturated carbocycles. The van der Waals surface area contributed by atoms with Gasteiger partial charge in [-0.1, -0.05) is 11.2 Å². The minimum atomic E-state index is -0.957. The van der Waals surface area contributed by atoms with Gasteiger partial charge in [0.05, 0.1) is 16.6 Å². The lowest BCUT2D eigenvalue weighted by molar-refractivity contribution is -0.173. The summed E-state index contributed by atoms with van der Waals surface area (Å²) in [5.41, 5.74) is 8.03. The van der Waals surface area contributed by atoms with Crippen LogP contribution in [0.1, 0.15) is 37.0 Å². The van der Waals surface area contributed by atoms with Crippen molar-refractivity contribution in [3.05, 3.63) is 44.5 Å². The van der Waals surface area contributed by atoms with E-state index in [0.717, 1.165) is 21.9 Å². The fourth-order valence-electron chi connectivity index (χ4n) is 3.73. The molecule has 4 rings (SSSR count). The third-order valence-electron chi connectivity index (χ3n) is 5.85. The van der Waals surface area contributed by atoms with Crippen LogP contribution in [-0.4, -0.2) is 75.4 Å². The third kappa shape index (κ3) is 6.60. The minimum Gasteiger partial charge on any atom is -0.427 e. The molecule has 1 unspecified atom stereocenters. The summed E-state index contributed by atoms with van der Waals surface area (Å²) < 4.78 is 10.3. The van der Waals surface area contributed by atoms with Crippen LogP contribution in [0.3, 0.4) is 0 Å². The van der Waals surface area contributed by atoms with Crippen LogP contribution in [0.25, 0.3) is 6.08 Å². The molecule has 2 aliphatic rings. The number of allylic oxidation sites excluding steroid dienone is 1. The molecule has 3 N–H and O–H groups in total. The van der Waals surface area contributed by atoms with Gasteiger partial charge in [0.25, 0.3) is 11.8 Å². The molecule has 2 aliphatic heterocycles. The van der Waals surface area contributed by atoms with Crippen LogP contribution in [0.4, 0.5) is 5.13 Å². The molecule has 0 spiro atoms. The molecule has 0 aliphatic carbocycles. The number of esters is 2. The van der Waals surface area contributed by atoms with Crippen LogP contribution in [0, 0.1) is 12.3 Å². The summed E-state index contributed by atoms with van der Waals surface area (Å²) in [6.07, 6.45) is 3.55. The zero-order chi connectivity index (χ0) is 29.9. The number of aromatic nitrogens is 2. The van der Waals surface area contributed by atoms with Crippen LogP contribution >= 0.6 is 34.4 Å². The Kier molecular flexibility index (Phi) is 9.14. The highest BCUT2D eigenvalue weighted by molar-refractivity contribution is 8.00. The van der Waals surface area contributed by atoms with Gasteiger partial charge in [-0.05, 0) is 39.3 Å². The molecule has 2 aromatic rings. The maximum atomic E-state index is 13.3. The van der Waals surface area contributed by atoms with Crippen molar-refractivity contribution in [2.45, 2.75) is 39.1 Å². The van der Waals surface area contributed by atoms with Gasteiger partial charge in [-0.15, -0.1) is 34.4 Å². The van der Waals surface area contributed by atoms with E-state index in [9.17, 15) is 19.2 Å². The average molecular weight is 621 g/mol. The molecule has 0 radical (unpaired) electrons. The van der Waals surface area contributed by atoms with Gasteiger partial charge in [0.1, 0.15) is 29.9 Å². The molecular weight excluding hydrogens is 593 g/mol. The van der Waals surface area contributed by atoms with Crippen LogP contribution in [0.15, 0.2) is 33.4 Å². The van der Waals surface area contributed by atoms with E-state index in [0.29, 0.717) is 11.3 Å². The van der Waals surface area contributed by atoms with Crippen molar-refractivity contribution in [3.8, 4) is 0 Å². The Morgan fingerprint density at radius 3 is 2.61 bits per heavy atom. The number of hydrogen-bond acceptors (Lipinski definition) is 14. The molecule has 41 heavy (non-hydrogen) atoms. The Bertz CT molecular complexity index is 1460. The number of amides is 2. The first kappa shape index (κ1) is 30.2. The summed E-state index contributed by atoms with van der Waals surface area (Å²) in [6, 6.07) is -0.957. The molecule has 2 amide bonds. The average Bonchev–Trinajstić information content (AvgIpc) is 3.54. The smallest absolute Gasteiger partial charge is 0.358 e. The first-order valence-electron chi connectivity index (χ1n) is 12.2. The Hall–Kier alpha value is -3.76. The summed E-state index contributed by atoms with van der Waals surface area (Å²) in [6.45, 7) is 6.27. The molecule has 2 aromatic heterocycles. The van der Waals surface area contributed by atoms with Crippen molar-refractivity contribution >= 4 is 75.1 Å². The van der Waals surface area contributed by atoms with Gasteiger partial charge in [-0.3, -0.25) is 19.3 Å². The third-order valence-corrected chi connectivity index (χ3v) is 8.72. The number of nitrogen functional groups attached to an aromatic ring is 1. The predicted octanol–water partition coefficient (Wildman–Crippen LogP) is 2.30. The maximum absolute atomic E-state index is 13.3. The lowest BCUT2D eigenvalue weighted by atomic mass is 9.98. The number of rotatable bonds is 9. The number of hydrogen-bond donors (Lipinski definition) is 2. The minimum absolute atomic E-state index is 0.00697. The highest BCUT2D eigenvalue weighted by Crippen LogP contribution is 2.41. The number of thiazole rings is 2. The molecule has 0 aromatic carbocycles. The second kappa shape index (κ2) is 12.4. The number of ether oxygens (including phenoxy) is 2. The summed E-state index contributed by atoms with van der Waals surface area (Å²) >= 11 is 3.92. The van der Waals surface area contributed by atoms with Gasteiger partial charge in [0.2, 0.25) is 6.79 Å². The van der Waals surface area contributed by atoms with Crippen LogP contribution in [0.2, 0.25) is 0 Å². The largest absolute Gasteiger partial charge is 0.427 e. The summed E-state index contributed by atoms with van der Waals surface area (Å²) in [5.74, 6) is -2.26. The molecule has 1 fully saturated rings. The molecular formula is C25H28N6O7S3. The van der Waals surface area contributed by atoms with Crippen molar-refractivity contribution in [1.82, 2.24) is 20.2 Å². The number of fused-ring (bicyclic) bond motifs is 1. The predicted molar refractivity (Wildman–Crippen MR) is 155 cm³/mol. The number of nitrogens with one attached hydrogen (secondary N) is 1. The van der Waals surface area contributed by atoms with Crippen LogP contribution in [-0.2, 0) is 33.5 Å². The summed E-state index contributed by atoms with van der Waals surface area (Å²) in [5, 5.41) is 7.59. The zero-order valence-electron chi connectivity index (χ0n) is 22.8. The van der Waals surface area contributed by atoms with Gasteiger partial charge in [-0.25, -0.2) is 14.8 Å². The standard InChI is InChI=1S/C25H28N6O7S3/c1-12-15(41-10-27-12)7-6-13-8-39-21-17(29-19(32)16(30-36-5)14-9-40-24(26)28-14)20(33)31(21)18(13)22(34)37-11-38-23(35)25(2,3)4/h6-7,9-10,17,21H,8,11H2,1-5H3,(H2,26,28)(H,29,32)/t17?,21-/m1/s1. The lowest BCUT2D eigenvalue weighted by Gasteiger charge is -2.49. The maximum Gasteiger partial charge on any atom is 0.358 e. The van der Waals surface area contributed by atoms with Crippen molar-refractivity contribution in [2.24, 2.45) is 10.6 Å². The number of carbonyl (C=O) groups excluding carboxylic acids is 4. The SMILES string of the molecule is CON=C(C(=O)NC1C(=O)N2C(C(=O)OCOC(=O)C(C)(C)C)=C(C=Cc3scnc3C)CS[C@H]12)c1csc(N)n1. The number of oxime groups is 1. The Balaban J connectivity index is 1.55. The fraction of sp³-hybridized carbons (Fsp3) is 0.400. The van der Waals surface area contributed by atoms with E-state index in [1.807, 2.05) is 13.0 Å². The van der Waals surface area contributed by atoms with E-state index in [2.05, 4.69) is 20.4 Å². The Labute approximate surface area is 247 Å². The fourth-order valence-corrected chi connectivity index (χ4v) is 6.29. The highest BCUT2D eigenvalue weighted by Gasteiger charge is 2.54. The Morgan fingerprint density at radius 1 is 1.24 bits per heavy atom. The number of thioether (sulfide) groups is 1. The quantitative estimate of drug-likeness (QED) is 0.138. The van der Waals surface area contributed by atoms with Crippen molar-refractivity contribution in [1.29, 1.82) is 0 Å². The molecule has 13 nitrogen and oxygen atoms in total. The topological polar surface area (TPSA) is 175 Å². The van der Waals surface area contributed by atoms with Crippen molar-refractivity contribution < 1.29 is 33.5 Å². The van der Waals surface area contributed by atoms with E-state index in [4.69, 9.17) is 20.0 Å². The Morgan fingerprint density at radius 2 is 2.00 bits per heavy atom. The molecule has 218 valence electrons. The summed E-state index contributed by atoms with van der Waals surface area (Å²) in [7, 11) is 1.28. The number of carbonyl (C=O) groups is 4. The van der Waals surface area contributed by atoms with E-state index in [1.165, 1.54) is 35.1 Å². The van der Waals surface area contributed by atoms with Crippen LogP contribution < -0.4 is 11.1 Å². The second-order valence-corrected chi connectivity index (χ2v) is 12.7. The number of nitrogens with zero attached hydrogens (tertiary/aromatic N) is 4. The van der Waals surface area contributed by atoms with Gasteiger partial charge in [0.15, 0.2) is 10.8 Å². The lowest BCUT2D eigenvalue weighted by Crippen LogP contribution is -2.71. The zero-order valence-corrected chi connectivity index (χ0v) is 25.3. The van der Waals surface area contributed by atoms with Gasteiger partial charge in [0, 0.05) is 16.0 Å². The van der Waals surface area contributed by atoms with E-state index >= 15 is 0 Å². The van der Waals surface area contributed by atoms with Crippen molar-refractivity contribution in [2.75, 3.05) is 25.4 Å². The van der Waals surface area contributed by atoms with Gasteiger partial charge >= 0.3 is 11.9 Å². The highest BCUT2D eigenvalue weighted by atomic mass is 32.2. The molecule has 2 atom stereocenters. The normalized spacial score (nSPS) is 19.1. The van der Waals surface area contributed by atoms with E-state index in [1.54, 1.807) is 37.7 Å². The molecule has 0 bridgehead atoms. The molecule has 4 heterocycles. The van der Waals surface area contributed by atoms with E-state index < -0.39 is 47.4 Å². The second-order valence-electron chi connectivity index (χ2n) is 9.80. The first-order valence-corrected chi connectivity index (χ1v) is 15.0. The number of anilines is 1. The number of nitrogens with two attached hydrogens (primary N) is 1. The number of aryl methyl sites for hydroxylation is 1. The number of β-lactam (4-membered cyclic amide) rings is 1.